The molecule has 0 aromatic heterocycles. The summed E-state index contributed by atoms with van der Waals surface area (Å²) in [7, 11) is 1.49. The van der Waals surface area contributed by atoms with Gasteiger partial charge in [-0.3, -0.25) is 9.59 Å². The summed E-state index contributed by atoms with van der Waals surface area (Å²) in [4.78, 5) is 23.2. The van der Waals surface area contributed by atoms with Gasteiger partial charge >= 0.3 is 0 Å². The molecule has 25 heavy (non-hydrogen) atoms. The van der Waals surface area contributed by atoms with Crippen LogP contribution in [-0.2, 0) is 4.79 Å². The van der Waals surface area contributed by atoms with Crippen molar-refractivity contribution >= 4 is 22.6 Å². The predicted molar refractivity (Wildman–Crippen MR) is 94.8 cm³/mol. The highest BCUT2D eigenvalue weighted by Crippen LogP contribution is 2.34. The van der Waals surface area contributed by atoms with Crippen molar-refractivity contribution in [1.82, 2.24) is 5.32 Å². The van der Waals surface area contributed by atoms with E-state index < -0.39 is 5.91 Å². The Morgan fingerprint density at radius 2 is 2.08 bits per heavy atom. The van der Waals surface area contributed by atoms with Crippen LogP contribution >= 0.6 is 0 Å². The quantitative estimate of drug-likeness (QED) is 0.872. The van der Waals surface area contributed by atoms with Crippen LogP contribution in [0.25, 0.3) is 10.8 Å². The van der Waals surface area contributed by atoms with Crippen LogP contribution in [0.1, 0.15) is 30.6 Å². The second-order valence-electron chi connectivity index (χ2n) is 6.99. The van der Waals surface area contributed by atoms with Crippen LogP contribution in [-0.4, -0.2) is 31.6 Å². The van der Waals surface area contributed by atoms with Crippen molar-refractivity contribution < 1.29 is 19.1 Å². The summed E-state index contributed by atoms with van der Waals surface area (Å²) in [5.41, 5.74) is 5.59. The topological polar surface area (TPSA) is 90.7 Å². The van der Waals surface area contributed by atoms with Crippen LogP contribution in [0.4, 0.5) is 0 Å². The van der Waals surface area contributed by atoms with Gasteiger partial charge < -0.3 is 20.5 Å². The molecule has 0 radical (unpaired) electrons. The lowest BCUT2D eigenvalue weighted by atomic mass is 9.85. The first-order chi connectivity index (χ1) is 11.8. The Balaban J connectivity index is 1.92. The van der Waals surface area contributed by atoms with Gasteiger partial charge in [0.15, 0.2) is 0 Å². The first kappa shape index (κ1) is 17.1. The van der Waals surface area contributed by atoms with E-state index in [-0.39, 0.29) is 17.4 Å². The average molecular weight is 342 g/mol. The van der Waals surface area contributed by atoms with Gasteiger partial charge in [-0.05, 0) is 29.0 Å². The first-order valence-electron chi connectivity index (χ1n) is 8.14. The third-order valence-corrected chi connectivity index (χ3v) is 4.73. The van der Waals surface area contributed by atoms with E-state index in [9.17, 15) is 9.59 Å². The number of methoxy groups -OCH3 is 1. The van der Waals surface area contributed by atoms with Gasteiger partial charge in [0.1, 0.15) is 18.1 Å². The number of carbonyl (C=O) groups excluding carboxylic acids is 2. The van der Waals surface area contributed by atoms with E-state index in [1.54, 1.807) is 12.1 Å². The monoisotopic (exact) mass is 342 g/mol. The molecule has 1 aliphatic heterocycles. The zero-order chi connectivity index (χ0) is 18.2. The largest absolute Gasteiger partial charge is 0.496 e. The molecule has 6 heteroatoms. The lowest BCUT2D eigenvalue weighted by molar-refractivity contribution is -0.119. The van der Waals surface area contributed by atoms with Crippen molar-refractivity contribution in [2.45, 2.75) is 26.3 Å². The fourth-order valence-electron chi connectivity index (χ4n) is 3.18. The molecule has 0 bridgehead atoms. The molecule has 0 saturated carbocycles. The Hall–Kier alpha value is -2.76. The summed E-state index contributed by atoms with van der Waals surface area (Å²) >= 11 is 0. The number of hydrogen-bond acceptors (Lipinski definition) is 4. The Labute approximate surface area is 146 Å². The highest BCUT2D eigenvalue weighted by Gasteiger charge is 2.39. The summed E-state index contributed by atoms with van der Waals surface area (Å²) in [6, 6.07) is 8.99. The smallest absolute Gasteiger partial charge is 0.252 e. The molecule has 132 valence electrons. The van der Waals surface area contributed by atoms with Gasteiger partial charge in [0.2, 0.25) is 5.91 Å². The second kappa shape index (κ2) is 6.27. The fourth-order valence-corrected chi connectivity index (χ4v) is 3.18. The predicted octanol–water partition coefficient (Wildman–Crippen LogP) is 2.24. The van der Waals surface area contributed by atoms with Gasteiger partial charge in [-0.2, -0.15) is 0 Å². The van der Waals surface area contributed by atoms with Crippen LogP contribution in [0.15, 0.2) is 30.3 Å². The van der Waals surface area contributed by atoms with Crippen molar-refractivity contribution in [2.24, 2.45) is 11.1 Å². The molecular formula is C19H22N2O4. The molecule has 2 amide bonds. The Morgan fingerprint density at radius 1 is 1.32 bits per heavy atom. The number of rotatable bonds is 5. The highest BCUT2D eigenvalue weighted by molar-refractivity contribution is 6.02. The SMILES string of the molecule is COc1cc2c(OC[C@@H]3NC(=O)CC3(C)C)cccc2cc1C(N)=O. The number of fused-ring (bicyclic) bond motifs is 1. The maximum absolute atomic E-state index is 11.7. The van der Waals surface area contributed by atoms with Gasteiger partial charge in [0.25, 0.3) is 5.91 Å². The molecule has 2 aromatic rings. The molecule has 0 unspecified atom stereocenters. The third-order valence-electron chi connectivity index (χ3n) is 4.73. The van der Waals surface area contributed by atoms with Gasteiger partial charge in [-0.25, -0.2) is 0 Å². The molecule has 0 spiro atoms. The van der Waals surface area contributed by atoms with E-state index in [4.69, 9.17) is 15.2 Å². The minimum atomic E-state index is -0.541. The number of nitrogens with one attached hydrogen (secondary N) is 1. The lowest BCUT2D eigenvalue weighted by Gasteiger charge is -2.25. The van der Waals surface area contributed by atoms with Crippen LogP contribution < -0.4 is 20.5 Å². The van der Waals surface area contributed by atoms with Crippen molar-refractivity contribution in [3.63, 3.8) is 0 Å². The molecule has 1 fully saturated rings. The summed E-state index contributed by atoms with van der Waals surface area (Å²) in [6.45, 7) is 4.46. The standard InChI is InChI=1S/C19H22N2O4/c1-19(2)9-17(22)21-16(19)10-25-14-6-4-5-11-7-13(18(20)23)15(24-3)8-12(11)14/h4-8,16H,9-10H2,1-3H3,(H2,20,23)(H,21,22)/t16-/m0/s1. The van der Waals surface area contributed by atoms with E-state index in [0.717, 1.165) is 10.8 Å². The number of nitrogens with two attached hydrogens (primary N) is 1. The Morgan fingerprint density at radius 3 is 2.68 bits per heavy atom. The number of carbonyl (C=O) groups is 2. The maximum Gasteiger partial charge on any atom is 0.252 e. The second-order valence-corrected chi connectivity index (χ2v) is 6.99. The minimum Gasteiger partial charge on any atom is -0.496 e. The van der Waals surface area contributed by atoms with Crippen LogP contribution in [0, 0.1) is 5.41 Å². The van der Waals surface area contributed by atoms with Crippen LogP contribution in [0.3, 0.4) is 0 Å². The molecule has 1 heterocycles. The van der Waals surface area contributed by atoms with E-state index in [0.29, 0.717) is 30.1 Å². The summed E-state index contributed by atoms with van der Waals surface area (Å²) in [5, 5.41) is 4.62. The molecule has 1 saturated heterocycles. The van der Waals surface area contributed by atoms with Gasteiger partial charge in [0, 0.05) is 11.8 Å². The van der Waals surface area contributed by atoms with Gasteiger partial charge in [-0.1, -0.05) is 26.0 Å². The maximum atomic E-state index is 11.7. The number of ether oxygens (including phenoxy) is 2. The Kier molecular flexibility index (Phi) is 4.29. The first-order valence-corrected chi connectivity index (χ1v) is 8.14. The highest BCUT2D eigenvalue weighted by atomic mass is 16.5. The molecular weight excluding hydrogens is 320 g/mol. The lowest BCUT2D eigenvalue weighted by Crippen LogP contribution is -2.38. The molecule has 1 aliphatic rings. The number of amides is 2. The summed E-state index contributed by atoms with van der Waals surface area (Å²) in [6.07, 6.45) is 0.492. The summed E-state index contributed by atoms with van der Waals surface area (Å²) in [5.74, 6) is 0.582. The van der Waals surface area contributed by atoms with E-state index in [2.05, 4.69) is 5.32 Å². The molecule has 6 nitrogen and oxygen atoms in total. The van der Waals surface area contributed by atoms with Crippen LogP contribution in [0.5, 0.6) is 11.5 Å². The van der Waals surface area contributed by atoms with E-state index >= 15 is 0 Å². The normalized spacial score (nSPS) is 18.8. The van der Waals surface area contributed by atoms with Crippen molar-refractivity contribution in [3.05, 3.63) is 35.9 Å². The Bertz CT molecular complexity index is 845. The van der Waals surface area contributed by atoms with Crippen molar-refractivity contribution in [2.75, 3.05) is 13.7 Å². The van der Waals surface area contributed by atoms with E-state index in [1.807, 2.05) is 32.0 Å². The fraction of sp³-hybridized carbons (Fsp3) is 0.368. The zero-order valence-corrected chi connectivity index (χ0v) is 14.6. The van der Waals surface area contributed by atoms with Gasteiger partial charge in [-0.15, -0.1) is 0 Å². The number of hydrogen-bond donors (Lipinski definition) is 2. The minimum absolute atomic E-state index is 0.0456. The average Bonchev–Trinajstić information content (AvgIpc) is 2.83. The molecule has 1 atom stereocenters. The number of benzene rings is 2. The molecule has 3 N–H and O–H groups in total. The molecule has 0 aliphatic carbocycles. The third kappa shape index (κ3) is 3.24. The zero-order valence-electron chi connectivity index (χ0n) is 14.6. The van der Waals surface area contributed by atoms with Crippen molar-refractivity contribution in [1.29, 1.82) is 0 Å². The van der Waals surface area contributed by atoms with Crippen LogP contribution in [0.2, 0.25) is 0 Å². The molecule has 2 aromatic carbocycles. The summed E-state index contributed by atoms with van der Waals surface area (Å²) < 4.78 is 11.3. The van der Waals surface area contributed by atoms with Crippen molar-refractivity contribution in [3.8, 4) is 11.5 Å². The van der Waals surface area contributed by atoms with Gasteiger partial charge in [0.05, 0.1) is 18.7 Å². The number of primary amides is 1. The molecule has 3 rings (SSSR count). The van der Waals surface area contributed by atoms with E-state index in [1.165, 1.54) is 7.11 Å².